The van der Waals surface area contributed by atoms with Crippen molar-refractivity contribution in [3.05, 3.63) is 75.8 Å². The fourth-order valence-electron chi connectivity index (χ4n) is 2.61. The van der Waals surface area contributed by atoms with E-state index < -0.39 is 0 Å². The first kappa shape index (κ1) is 17.4. The van der Waals surface area contributed by atoms with E-state index in [1.807, 2.05) is 54.6 Å². The van der Waals surface area contributed by atoms with Crippen LogP contribution in [0.4, 0.5) is 5.13 Å². The molecule has 0 aliphatic carbocycles. The average Bonchev–Trinajstić information content (AvgIpc) is 3.04. The van der Waals surface area contributed by atoms with E-state index in [-0.39, 0.29) is 11.8 Å². The van der Waals surface area contributed by atoms with Crippen LogP contribution in [0, 0.1) is 0 Å². The van der Waals surface area contributed by atoms with Crippen LogP contribution in [0.15, 0.2) is 54.6 Å². The highest BCUT2D eigenvalue weighted by Crippen LogP contribution is 2.29. The van der Waals surface area contributed by atoms with Crippen molar-refractivity contribution in [3.8, 4) is 0 Å². The third-order valence-electron chi connectivity index (χ3n) is 3.76. The van der Waals surface area contributed by atoms with E-state index in [0.29, 0.717) is 28.1 Å². The van der Waals surface area contributed by atoms with Crippen molar-refractivity contribution in [2.45, 2.75) is 18.9 Å². The van der Waals surface area contributed by atoms with Gasteiger partial charge in [-0.1, -0.05) is 65.4 Å². The van der Waals surface area contributed by atoms with Crippen LogP contribution in [-0.4, -0.2) is 16.1 Å². The highest BCUT2D eigenvalue weighted by molar-refractivity contribution is 7.15. The predicted octanol–water partition coefficient (Wildman–Crippen LogP) is 3.61. The van der Waals surface area contributed by atoms with Gasteiger partial charge >= 0.3 is 0 Å². The Balaban J connectivity index is 1.74. The number of anilines is 1. The summed E-state index contributed by atoms with van der Waals surface area (Å²) in [4.78, 5) is 12.4. The first-order valence-corrected chi connectivity index (χ1v) is 8.96. The maximum absolute atomic E-state index is 12.4. The van der Waals surface area contributed by atoms with Crippen LogP contribution in [0.25, 0.3) is 0 Å². The van der Waals surface area contributed by atoms with Crippen molar-refractivity contribution in [2.75, 3.05) is 5.73 Å². The molecular weight excluding hydrogens is 356 g/mol. The molecule has 3 rings (SSSR count). The second-order valence-corrected chi connectivity index (χ2v) is 7.06. The molecule has 7 heteroatoms. The maximum atomic E-state index is 12.4. The standard InChI is InChI=1S/C18H17ClN4OS/c19-14-8-4-7-13(9-14)15(12-5-2-1-3-6-12)10-16(24)21-11-17-22-23-18(20)25-17/h1-9,15H,10-11H2,(H2,20,23)(H,21,24)/t15-/m0/s1. The second kappa shape index (κ2) is 8.09. The van der Waals surface area contributed by atoms with Gasteiger partial charge in [0.1, 0.15) is 5.01 Å². The molecule has 0 saturated heterocycles. The summed E-state index contributed by atoms with van der Waals surface area (Å²) in [5.74, 6) is -0.137. The van der Waals surface area contributed by atoms with Crippen LogP contribution in [-0.2, 0) is 11.3 Å². The highest BCUT2D eigenvalue weighted by atomic mass is 35.5. The number of nitrogens with two attached hydrogens (primary N) is 1. The summed E-state index contributed by atoms with van der Waals surface area (Å²) < 4.78 is 0. The molecule has 25 heavy (non-hydrogen) atoms. The van der Waals surface area contributed by atoms with E-state index in [2.05, 4.69) is 15.5 Å². The molecule has 0 aliphatic rings. The number of rotatable bonds is 6. The number of carbonyl (C=O) groups excluding carboxylic acids is 1. The van der Waals surface area contributed by atoms with Crippen molar-refractivity contribution in [1.29, 1.82) is 0 Å². The number of nitrogens with zero attached hydrogens (tertiary/aromatic N) is 2. The lowest BCUT2D eigenvalue weighted by Gasteiger charge is -2.18. The molecule has 1 amide bonds. The van der Waals surface area contributed by atoms with Crippen molar-refractivity contribution < 1.29 is 4.79 Å². The van der Waals surface area contributed by atoms with Gasteiger partial charge in [0.25, 0.3) is 0 Å². The molecule has 3 aromatic rings. The Morgan fingerprint density at radius 3 is 2.56 bits per heavy atom. The number of carbonyl (C=O) groups is 1. The lowest BCUT2D eigenvalue weighted by molar-refractivity contribution is -0.121. The van der Waals surface area contributed by atoms with E-state index in [9.17, 15) is 4.79 Å². The first-order valence-electron chi connectivity index (χ1n) is 7.77. The molecule has 0 aliphatic heterocycles. The highest BCUT2D eigenvalue weighted by Gasteiger charge is 2.18. The van der Waals surface area contributed by atoms with E-state index in [1.54, 1.807) is 0 Å². The molecule has 0 unspecified atom stereocenters. The Morgan fingerprint density at radius 1 is 1.12 bits per heavy atom. The molecule has 0 saturated carbocycles. The summed E-state index contributed by atoms with van der Waals surface area (Å²) in [6.07, 6.45) is 0.318. The average molecular weight is 373 g/mol. The van der Waals surface area contributed by atoms with Crippen LogP contribution in [0.2, 0.25) is 5.02 Å². The molecule has 0 radical (unpaired) electrons. The van der Waals surface area contributed by atoms with Gasteiger partial charge in [-0.05, 0) is 23.3 Å². The van der Waals surface area contributed by atoms with Crippen LogP contribution in [0.3, 0.4) is 0 Å². The van der Waals surface area contributed by atoms with Gasteiger partial charge in [-0.25, -0.2) is 0 Å². The van der Waals surface area contributed by atoms with E-state index in [4.69, 9.17) is 17.3 Å². The third kappa shape index (κ3) is 4.78. The van der Waals surface area contributed by atoms with Gasteiger partial charge in [-0.3, -0.25) is 4.79 Å². The van der Waals surface area contributed by atoms with E-state index in [1.165, 1.54) is 11.3 Å². The van der Waals surface area contributed by atoms with Gasteiger partial charge in [0.2, 0.25) is 11.0 Å². The largest absolute Gasteiger partial charge is 0.374 e. The molecule has 128 valence electrons. The molecule has 2 aromatic carbocycles. The van der Waals surface area contributed by atoms with Crippen molar-refractivity contribution in [3.63, 3.8) is 0 Å². The SMILES string of the molecule is Nc1nnc(CNC(=O)C[C@@H](c2ccccc2)c2cccc(Cl)c2)s1. The minimum absolute atomic E-state index is 0.0670. The molecule has 5 nitrogen and oxygen atoms in total. The minimum Gasteiger partial charge on any atom is -0.374 e. The Morgan fingerprint density at radius 2 is 1.88 bits per heavy atom. The second-order valence-electron chi connectivity index (χ2n) is 5.53. The summed E-state index contributed by atoms with van der Waals surface area (Å²) in [5, 5.41) is 12.3. The summed E-state index contributed by atoms with van der Waals surface area (Å²) in [7, 11) is 0. The van der Waals surface area contributed by atoms with Gasteiger partial charge in [-0.2, -0.15) is 0 Å². The Bertz CT molecular complexity index is 853. The van der Waals surface area contributed by atoms with E-state index in [0.717, 1.165) is 11.1 Å². The Labute approximate surface area is 154 Å². The monoisotopic (exact) mass is 372 g/mol. The number of nitrogens with one attached hydrogen (secondary N) is 1. The Kier molecular flexibility index (Phi) is 5.63. The van der Waals surface area contributed by atoms with Gasteiger partial charge in [0.05, 0.1) is 6.54 Å². The molecule has 1 aromatic heterocycles. The number of hydrogen-bond acceptors (Lipinski definition) is 5. The molecule has 1 heterocycles. The van der Waals surface area contributed by atoms with Crippen molar-refractivity contribution in [2.24, 2.45) is 0 Å². The summed E-state index contributed by atoms with van der Waals surface area (Å²) in [6, 6.07) is 17.5. The van der Waals surface area contributed by atoms with Gasteiger partial charge in [-0.15, -0.1) is 10.2 Å². The molecule has 3 N–H and O–H groups in total. The normalized spacial score (nSPS) is 11.9. The topological polar surface area (TPSA) is 80.9 Å². The number of amides is 1. The zero-order valence-electron chi connectivity index (χ0n) is 13.4. The van der Waals surface area contributed by atoms with Crippen LogP contribution in [0.5, 0.6) is 0 Å². The van der Waals surface area contributed by atoms with Gasteiger partial charge in [0.15, 0.2) is 0 Å². The summed E-state index contributed by atoms with van der Waals surface area (Å²) in [5.41, 5.74) is 7.63. The maximum Gasteiger partial charge on any atom is 0.221 e. The summed E-state index contributed by atoms with van der Waals surface area (Å²) in [6.45, 7) is 0.324. The lowest BCUT2D eigenvalue weighted by Crippen LogP contribution is -2.25. The Hall–Kier alpha value is -2.44. The zero-order valence-corrected chi connectivity index (χ0v) is 14.9. The number of aromatic nitrogens is 2. The zero-order chi connectivity index (χ0) is 17.6. The quantitative estimate of drug-likeness (QED) is 0.692. The number of halogens is 1. The lowest BCUT2D eigenvalue weighted by atomic mass is 9.88. The summed E-state index contributed by atoms with van der Waals surface area (Å²) >= 11 is 7.40. The van der Waals surface area contributed by atoms with Crippen molar-refractivity contribution >= 4 is 34.0 Å². The van der Waals surface area contributed by atoms with Crippen LogP contribution < -0.4 is 11.1 Å². The molecular formula is C18H17ClN4OS. The fourth-order valence-corrected chi connectivity index (χ4v) is 3.35. The molecule has 0 fully saturated rings. The number of nitrogen functional groups attached to an aromatic ring is 1. The first-order chi connectivity index (χ1) is 12.1. The van der Waals surface area contributed by atoms with Crippen LogP contribution in [0.1, 0.15) is 28.5 Å². The van der Waals surface area contributed by atoms with Crippen molar-refractivity contribution in [1.82, 2.24) is 15.5 Å². The van der Waals surface area contributed by atoms with Crippen LogP contribution >= 0.6 is 22.9 Å². The number of hydrogen-bond donors (Lipinski definition) is 2. The fraction of sp³-hybridized carbons (Fsp3) is 0.167. The van der Waals surface area contributed by atoms with E-state index >= 15 is 0 Å². The predicted molar refractivity (Wildman–Crippen MR) is 101 cm³/mol. The molecule has 1 atom stereocenters. The molecule has 0 spiro atoms. The number of benzene rings is 2. The van der Waals surface area contributed by atoms with Gasteiger partial charge in [0, 0.05) is 17.4 Å². The van der Waals surface area contributed by atoms with Gasteiger partial charge < -0.3 is 11.1 Å². The minimum atomic E-state index is -0.0700. The molecule has 0 bridgehead atoms. The third-order valence-corrected chi connectivity index (χ3v) is 4.75. The smallest absolute Gasteiger partial charge is 0.221 e.